The normalized spacial score (nSPS) is 11.8. The molecule has 0 aliphatic rings. The van der Waals surface area contributed by atoms with E-state index in [4.69, 9.17) is 0 Å². The van der Waals surface area contributed by atoms with E-state index in [9.17, 15) is 0 Å². The Labute approximate surface area is 129 Å². The van der Waals surface area contributed by atoms with E-state index in [0.29, 0.717) is 5.92 Å². The van der Waals surface area contributed by atoms with Crippen molar-refractivity contribution in [1.29, 1.82) is 0 Å². The van der Waals surface area contributed by atoms with Crippen LogP contribution < -0.4 is 4.90 Å². The summed E-state index contributed by atoms with van der Waals surface area (Å²) in [6.45, 7) is 11.2. The minimum absolute atomic E-state index is 0.204. The zero-order valence-corrected chi connectivity index (χ0v) is 14.1. The second kappa shape index (κ2) is 5.93. The Hall–Kier alpha value is -1.76. The molecule has 0 N–H and O–H groups in total. The van der Waals surface area contributed by atoms with E-state index in [1.807, 2.05) is 0 Å². The lowest BCUT2D eigenvalue weighted by molar-refractivity contribution is 0.590. The van der Waals surface area contributed by atoms with Gasteiger partial charge in [0.05, 0.1) is 0 Å². The van der Waals surface area contributed by atoms with Crippen LogP contribution in [0.1, 0.15) is 51.7 Å². The molecular weight excluding hydrogens is 254 g/mol. The van der Waals surface area contributed by atoms with Crippen LogP contribution in [-0.2, 0) is 5.41 Å². The predicted molar refractivity (Wildman–Crippen MR) is 93.7 cm³/mol. The van der Waals surface area contributed by atoms with E-state index in [1.54, 1.807) is 0 Å². The van der Waals surface area contributed by atoms with Gasteiger partial charge < -0.3 is 4.90 Å². The van der Waals surface area contributed by atoms with Crippen molar-refractivity contribution in [2.45, 2.75) is 46.0 Å². The molecule has 0 unspecified atom stereocenters. The van der Waals surface area contributed by atoms with Crippen molar-refractivity contribution in [1.82, 2.24) is 0 Å². The fourth-order valence-corrected chi connectivity index (χ4v) is 2.42. The minimum Gasteiger partial charge on any atom is -0.345 e. The molecule has 2 aromatic rings. The molecule has 1 nitrogen and oxygen atoms in total. The molecule has 0 fully saturated rings. The first kappa shape index (κ1) is 15.6. The van der Waals surface area contributed by atoms with Crippen LogP contribution in [0.2, 0.25) is 0 Å². The fourth-order valence-electron chi connectivity index (χ4n) is 2.42. The van der Waals surface area contributed by atoms with Gasteiger partial charge in [-0.15, -0.1) is 0 Å². The summed E-state index contributed by atoms with van der Waals surface area (Å²) in [5.74, 6) is 0.579. The first-order valence-electron chi connectivity index (χ1n) is 7.73. The van der Waals surface area contributed by atoms with Gasteiger partial charge in [0, 0.05) is 18.4 Å². The second-order valence-corrected chi connectivity index (χ2v) is 7.10. The maximum absolute atomic E-state index is 2.25. The molecule has 0 amide bonds. The highest BCUT2D eigenvalue weighted by atomic mass is 15.1. The van der Waals surface area contributed by atoms with Gasteiger partial charge in [0.1, 0.15) is 0 Å². The average Bonchev–Trinajstić information content (AvgIpc) is 2.46. The van der Waals surface area contributed by atoms with Crippen LogP contribution in [0.15, 0.2) is 48.5 Å². The summed E-state index contributed by atoms with van der Waals surface area (Å²) in [5, 5.41) is 0. The zero-order chi connectivity index (χ0) is 15.6. The van der Waals surface area contributed by atoms with Crippen molar-refractivity contribution in [2.75, 3.05) is 11.9 Å². The molecule has 0 aliphatic heterocycles. The maximum atomic E-state index is 2.25. The van der Waals surface area contributed by atoms with Crippen LogP contribution >= 0.6 is 0 Å². The monoisotopic (exact) mass is 281 g/mol. The lowest BCUT2D eigenvalue weighted by atomic mass is 9.87. The predicted octanol–water partition coefficient (Wildman–Crippen LogP) is 5.88. The number of hydrogen-bond acceptors (Lipinski definition) is 1. The van der Waals surface area contributed by atoms with E-state index in [-0.39, 0.29) is 5.41 Å². The molecule has 0 aromatic heterocycles. The van der Waals surface area contributed by atoms with Crippen LogP contribution in [-0.4, -0.2) is 7.05 Å². The first-order valence-corrected chi connectivity index (χ1v) is 7.73. The number of rotatable bonds is 3. The third kappa shape index (κ3) is 3.66. The van der Waals surface area contributed by atoms with Crippen LogP contribution in [0.4, 0.5) is 11.4 Å². The van der Waals surface area contributed by atoms with Crippen LogP contribution in [0, 0.1) is 0 Å². The van der Waals surface area contributed by atoms with E-state index in [2.05, 4.69) is 95.1 Å². The number of nitrogens with zero attached hydrogens (tertiary/aromatic N) is 1. The van der Waals surface area contributed by atoms with Crippen molar-refractivity contribution >= 4 is 11.4 Å². The molecule has 0 bridgehead atoms. The van der Waals surface area contributed by atoms with Gasteiger partial charge in [-0.05, 0) is 46.7 Å². The summed E-state index contributed by atoms with van der Waals surface area (Å²) in [7, 11) is 2.12. The molecular formula is C20H27N. The Bertz CT molecular complexity index is 571. The Kier molecular flexibility index (Phi) is 4.41. The Balaban J connectivity index is 2.21. The molecule has 0 saturated carbocycles. The van der Waals surface area contributed by atoms with Gasteiger partial charge >= 0.3 is 0 Å². The smallest absolute Gasteiger partial charge is 0.0408 e. The zero-order valence-electron chi connectivity index (χ0n) is 14.1. The first-order chi connectivity index (χ1) is 9.79. The summed E-state index contributed by atoms with van der Waals surface area (Å²) < 4.78 is 0. The molecule has 0 aliphatic carbocycles. The van der Waals surface area contributed by atoms with Crippen molar-refractivity contribution < 1.29 is 0 Å². The highest BCUT2D eigenvalue weighted by Gasteiger charge is 2.13. The number of hydrogen-bond donors (Lipinski definition) is 0. The molecule has 0 heterocycles. The lowest BCUT2D eigenvalue weighted by Gasteiger charge is -2.23. The van der Waals surface area contributed by atoms with Crippen LogP contribution in [0.25, 0.3) is 0 Å². The molecule has 0 atom stereocenters. The van der Waals surface area contributed by atoms with Crippen LogP contribution in [0.3, 0.4) is 0 Å². The number of benzene rings is 2. The quantitative estimate of drug-likeness (QED) is 0.679. The molecule has 2 rings (SSSR count). The van der Waals surface area contributed by atoms with E-state index in [1.165, 1.54) is 22.5 Å². The SMILES string of the molecule is CC(C)c1ccc(N(C)c2ccc(C(C)(C)C)cc2)cc1. The van der Waals surface area contributed by atoms with E-state index in [0.717, 1.165) is 0 Å². The largest absolute Gasteiger partial charge is 0.345 e. The van der Waals surface area contributed by atoms with Gasteiger partial charge in [-0.1, -0.05) is 58.9 Å². The standard InChI is InChI=1S/C20H27N/c1-15(2)16-7-11-18(12-8-16)21(6)19-13-9-17(10-14-19)20(3,4)5/h7-15H,1-6H3. The summed E-state index contributed by atoms with van der Waals surface area (Å²) in [6, 6.07) is 17.7. The Morgan fingerprint density at radius 1 is 0.762 bits per heavy atom. The second-order valence-electron chi connectivity index (χ2n) is 7.10. The summed E-state index contributed by atoms with van der Waals surface area (Å²) in [6.07, 6.45) is 0. The van der Waals surface area contributed by atoms with Crippen molar-refractivity contribution in [3.63, 3.8) is 0 Å². The molecule has 0 saturated heterocycles. The Morgan fingerprint density at radius 3 is 1.57 bits per heavy atom. The Morgan fingerprint density at radius 2 is 1.19 bits per heavy atom. The van der Waals surface area contributed by atoms with Crippen molar-refractivity contribution in [3.8, 4) is 0 Å². The maximum Gasteiger partial charge on any atom is 0.0408 e. The van der Waals surface area contributed by atoms with Gasteiger partial charge in [0.15, 0.2) is 0 Å². The lowest BCUT2D eigenvalue weighted by Crippen LogP contribution is -2.13. The van der Waals surface area contributed by atoms with Gasteiger partial charge in [-0.3, -0.25) is 0 Å². The summed E-state index contributed by atoms with van der Waals surface area (Å²) in [4.78, 5) is 2.23. The summed E-state index contributed by atoms with van der Waals surface area (Å²) >= 11 is 0. The van der Waals surface area contributed by atoms with Gasteiger partial charge in [-0.25, -0.2) is 0 Å². The third-order valence-electron chi connectivity index (χ3n) is 4.07. The molecule has 2 aromatic carbocycles. The van der Waals surface area contributed by atoms with Gasteiger partial charge in [-0.2, -0.15) is 0 Å². The molecule has 1 heteroatoms. The fraction of sp³-hybridized carbons (Fsp3) is 0.400. The molecule has 112 valence electrons. The average molecular weight is 281 g/mol. The highest BCUT2D eigenvalue weighted by Crippen LogP contribution is 2.28. The number of anilines is 2. The van der Waals surface area contributed by atoms with Gasteiger partial charge in [0.2, 0.25) is 0 Å². The van der Waals surface area contributed by atoms with Crippen molar-refractivity contribution in [3.05, 3.63) is 59.7 Å². The van der Waals surface area contributed by atoms with Gasteiger partial charge in [0.25, 0.3) is 0 Å². The van der Waals surface area contributed by atoms with E-state index >= 15 is 0 Å². The molecule has 0 radical (unpaired) electrons. The third-order valence-corrected chi connectivity index (χ3v) is 4.07. The van der Waals surface area contributed by atoms with E-state index < -0.39 is 0 Å². The minimum atomic E-state index is 0.204. The highest BCUT2D eigenvalue weighted by molar-refractivity contribution is 5.63. The van der Waals surface area contributed by atoms with Crippen molar-refractivity contribution in [2.24, 2.45) is 0 Å². The summed E-state index contributed by atoms with van der Waals surface area (Å²) in [5.41, 5.74) is 5.41. The van der Waals surface area contributed by atoms with Crippen LogP contribution in [0.5, 0.6) is 0 Å². The molecule has 0 spiro atoms. The topological polar surface area (TPSA) is 3.24 Å². The molecule has 21 heavy (non-hydrogen) atoms.